The molecule has 1 unspecified atom stereocenters. The number of morpholine rings is 1. The Balaban J connectivity index is 1.22. The van der Waals surface area contributed by atoms with E-state index in [0.717, 1.165) is 12.8 Å². The standard InChI is InChI=1S/C26H35N3O6/c30-22(25-27-20-10-4-5-12-23(20)35-25)11-6-14-28(26(32)33)15-7-13-24(31)29-16-17-34-18-21(29)19-8-2-1-3-9-19/h4-5,10,12,19,21H,1-3,6-9,11,13-18H2,(H,32,33). The SMILES string of the molecule is O=C(CCCN(CCCC(=O)N1CCOCC1C1CCCCC1)C(=O)O)c1nc2ccccc2o1. The number of amides is 2. The minimum atomic E-state index is -1.04. The van der Waals surface area contributed by atoms with E-state index in [4.69, 9.17) is 9.15 Å². The van der Waals surface area contributed by atoms with Gasteiger partial charge < -0.3 is 24.1 Å². The lowest BCUT2D eigenvalue weighted by Crippen LogP contribution is -2.52. The number of aromatic nitrogens is 1. The van der Waals surface area contributed by atoms with E-state index < -0.39 is 6.09 Å². The maximum atomic E-state index is 13.0. The van der Waals surface area contributed by atoms with Crippen LogP contribution in [0, 0.1) is 5.92 Å². The molecule has 1 atom stereocenters. The third-order valence-corrected chi connectivity index (χ3v) is 7.13. The Kier molecular flexibility index (Phi) is 8.74. The molecular weight excluding hydrogens is 450 g/mol. The number of oxazole rings is 1. The summed E-state index contributed by atoms with van der Waals surface area (Å²) in [6, 6.07) is 7.30. The van der Waals surface area contributed by atoms with Crippen molar-refractivity contribution in [2.75, 3.05) is 32.8 Å². The highest BCUT2D eigenvalue weighted by molar-refractivity contribution is 5.94. The van der Waals surface area contributed by atoms with E-state index in [2.05, 4.69) is 4.98 Å². The van der Waals surface area contributed by atoms with E-state index in [-0.39, 0.29) is 43.1 Å². The molecule has 190 valence electrons. The summed E-state index contributed by atoms with van der Waals surface area (Å²) in [5, 5.41) is 9.58. The molecule has 1 N–H and O–H groups in total. The number of ether oxygens (including phenoxy) is 1. The second kappa shape index (κ2) is 12.2. The van der Waals surface area contributed by atoms with Crippen LogP contribution in [0.4, 0.5) is 4.79 Å². The lowest BCUT2D eigenvalue weighted by molar-refractivity contribution is -0.143. The van der Waals surface area contributed by atoms with Gasteiger partial charge in [0.05, 0.1) is 19.3 Å². The highest BCUT2D eigenvalue weighted by atomic mass is 16.5. The molecule has 2 fully saturated rings. The average Bonchev–Trinajstić information content (AvgIpc) is 3.32. The summed E-state index contributed by atoms with van der Waals surface area (Å²) in [4.78, 5) is 44.6. The first kappa shape index (κ1) is 25.2. The molecule has 1 aromatic carbocycles. The Bertz CT molecular complexity index is 982. The molecule has 1 saturated carbocycles. The molecule has 1 saturated heterocycles. The number of carbonyl (C=O) groups is 3. The molecule has 1 aliphatic heterocycles. The van der Waals surface area contributed by atoms with Crippen LogP contribution in [0.15, 0.2) is 28.7 Å². The fourth-order valence-corrected chi connectivity index (χ4v) is 5.24. The van der Waals surface area contributed by atoms with E-state index in [9.17, 15) is 19.5 Å². The summed E-state index contributed by atoms with van der Waals surface area (Å²) in [5.41, 5.74) is 1.18. The number of rotatable bonds is 10. The van der Waals surface area contributed by atoms with Gasteiger partial charge in [-0.2, -0.15) is 0 Å². The molecular formula is C26H35N3O6. The number of ketones is 1. The molecule has 4 rings (SSSR count). The fourth-order valence-electron chi connectivity index (χ4n) is 5.24. The zero-order valence-electron chi connectivity index (χ0n) is 20.2. The maximum Gasteiger partial charge on any atom is 0.407 e. The molecule has 2 aromatic rings. The molecule has 1 aromatic heterocycles. The molecule has 0 bridgehead atoms. The van der Waals surface area contributed by atoms with E-state index in [1.165, 1.54) is 24.2 Å². The molecule has 2 amide bonds. The van der Waals surface area contributed by atoms with Crippen molar-refractivity contribution in [1.82, 2.24) is 14.8 Å². The Hall–Kier alpha value is -2.94. The Labute approximate surface area is 205 Å². The van der Waals surface area contributed by atoms with Gasteiger partial charge in [0, 0.05) is 32.5 Å². The third-order valence-electron chi connectivity index (χ3n) is 7.13. The number of carbonyl (C=O) groups excluding carboxylic acids is 2. The summed E-state index contributed by atoms with van der Waals surface area (Å²) in [6.07, 6.45) is 6.23. The van der Waals surface area contributed by atoms with Gasteiger partial charge in [-0.3, -0.25) is 9.59 Å². The number of para-hydroxylation sites is 2. The number of nitrogens with zero attached hydrogens (tertiary/aromatic N) is 3. The van der Waals surface area contributed by atoms with Crippen molar-refractivity contribution < 1.29 is 28.6 Å². The van der Waals surface area contributed by atoms with Crippen LogP contribution in [0.3, 0.4) is 0 Å². The number of Topliss-reactive ketones (excluding diaryl/α,β-unsaturated/α-hetero) is 1. The fraction of sp³-hybridized carbons (Fsp3) is 0.615. The van der Waals surface area contributed by atoms with E-state index >= 15 is 0 Å². The van der Waals surface area contributed by atoms with Gasteiger partial charge in [-0.15, -0.1) is 0 Å². The number of hydrogen-bond acceptors (Lipinski definition) is 6. The molecule has 2 heterocycles. The van der Waals surface area contributed by atoms with Crippen LogP contribution in [0.25, 0.3) is 11.1 Å². The minimum Gasteiger partial charge on any atom is -0.465 e. The first-order chi connectivity index (χ1) is 17.0. The largest absolute Gasteiger partial charge is 0.465 e. The van der Waals surface area contributed by atoms with Gasteiger partial charge in [0.15, 0.2) is 5.58 Å². The first-order valence-corrected chi connectivity index (χ1v) is 12.8. The van der Waals surface area contributed by atoms with Crippen molar-refractivity contribution >= 4 is 28.9 Å². The quantitative estimate of drug-likeness (QED) is 0.498. The number of fused-ring (bicyclic) bond motifs is 1. The Morgan fingerprint density at radius 3 is 2.54 bits per heavy atom. The van der Waals surface area contributed by atoms with E-state index in [0.29, 0.717) is 56.0 Å². The topological polar surface area (TPSA) is 113 Å². The minimum absolute atomic E-state index is 0.0525. The van der Waals surface area contributed by atoms with Gasteiger partial charge in [0.25, 0.3) is 5.89 Å². The third kappa shape index (κ3) is 6.60. The predicted molar refractivity (Wildman–Crippen MR) is 129 cm³/mol. The van der Waals surface area contributed by atoms with Gasteiger partial charge in [-0.25, -0.2) is 9.78 Å². The van der Waals surface area contributed by atoms with Crippen LogP contribution in [0.2, 0.25) is 0 Å². The van der Waals surface area contributed by atoms with Crippen LogP contribution in [-0.4, -0.2) is 76.6 Å². The molecule has 0 radical (unpaired) electrons. The number of hydrogen-bond donors (Lipinski definition) is 1. The zero-order valence-corrected chi connectivity index (χ0v) is 20.2. The molecule has 2 aliphatic rings. The molecule has 9 heteroatoms. The number of benzene rings is 1. The van der Waals surface area contributed by atoms with Gasteiger partial charge >= 0.3 is 6.09 Å². The summed E-state index contributed by atoms with van der Waals surface area (Å²) in [7, 11) is 0. The molecule has 1 aliphatic carbocycles. The summed E-state index contributed by atoms with van der Waals surface area (Å²) < 4.78 is 11.2. The van der Waals surface area contributed by atoms with Crippen molar-refractivity contribution in [3.63, 3.8) is 0 Å². The van der Waals surface area contributed by atoms with Crippen molar-refractivity contribution in [3.05, 3.63) is 30.2 Å². The highest BCUT2D eigenvalue weighted by Gasteiger charge is 2.33. The zero-order chi connectivity index (χ0) is 24.6. The summed E-state index contributed by atoms with van der Waals surface area (Å²) >= 11 is 0. The normalized spacial score (nSPS) is 19.1. The smallest absolute Gasteiger partial charge is 0.407 e. The van der Waals surface area contributed by atoms with Crippen LogP contribution >= 0.6 is 0 Å². The van der Waals surface area contributed by atoms with Crippen molar-refractivity contribution in [2.45, 2.75) is 63.8 Å². The number of carboxylic acid groups (broad SMARTS) is 1. The average molecular weight is 486 g/mol. The Morgan fingerprint density at radius 2 is 1.80 bits per heavy atom. The maximum absolute atomic E-state index is 13.0. The summed E-state index contributed by atoms with van der Waals surface area (Å²) in [6.45, 7) is 2.25. The predicted octanol–water partition coefficient (Wildman–Crippen LogP) is 4.36. The van der Waals surface area contributed by atoms with Gasteiger partial charge in [-0.05, 0) is 43.7 Å². The molecule has 9 nitrogen and oxygen atoms in total. The first-order valence-electron chi connectivity index (χ1n) is 12.8. The highest BCUT2D eigenvalue weighted by Crippen LogP contribution is 2.31. The van der Waals surface area contributed by atoms with E-state index in [1.807, 2.05) is 17.0 Å². The monoisotopic (exact) mass is 485 g/mol. The van der Waals surface area contributed by atoms with Crippen LogP contribution in [0.1, 0.15) is 68.5 Å². The van der Waals surface area contributed by atoms with Crippen molar-refractivity contribution in [2.24, 2.45) is 5.92 Å². The molecule has 35 heavy (non-hydrogen) atoms. The van der Waals surface area contributed by atoms with Crippen LogP contribution in [0.5, 0.6) is 0 Å². The molecule has 0 spiro atoms. The van der Waals surface area contributed by atoms with Crippen molar-refractivity contribution in [1.29, 1.82) is 0 Å². The van der Waals surface area contributed by atoms with Crippen molar-refractivity contribution in [3.8, 4) is 0 Å². The van der Waals surface area contributed by atoms with Crippen LogP contribution < -0.4 is 0 Å². The second-order valence-electron chi connectivity index (χ2n) is 9.51. The van der Waals surface area contributed by atoms with E-state index in [1.54, 1.807) is 12.1 Å². The lowest BCUT2D eigenvalue weighted by atomic mass is 9.83. The van der Waals surface area contributed by atoms with Gasteiger partial charge in [0.1, 0.15) is 5.52 Å². The Morgan fingerprint density at radius 1 is 1.06 bits per heavy atom. The van der Waals surface area contributed by atoms with Gasteiger partial charge in [0.2, 0.25) is 11.7 Å². The second-order valence-corrected chi connectivity index (χ2v) is 9.51. The van der Waals surface area contributed by atoms with Gasteiger partial charge in [-0.1, -0.05) is 31.4 Å². The lowest BCUT2D eigenvalue weighted by Gasteiger charge is -2.41. The summed E-state index contributed by atoms with van der Waals surface area (Å²) in [5.74, 6) is 0.391. The van der Waals surface area contributed by atoms with Crippen LogP contribution in [-0.2, 0) is 9.53 Å².